The summed E-state index contributed by atoms with van der Waals surface area (Å²) in [6, 6.07) is 14.3. The fraction of sp³-hybridized carbons (Fsp3) is 0.320. The van der Waals surface area contributed by atoms with E-state index in [1.165, 1.54) is 17.7 Å². The van der Waals surface area contributed by atoms with E-state index >= 15 is 0 Å². The van der Waals surface area contributed by atoms with Crippen LogP contribution in [0.2, 0.25) is 0 Å². The van der Waals surface area contributed by atoms with Crippen molar-refractivity contribution in [1.82, 2.24) is 4.57 Å². The Labute approximate surface area is 182 Å². The van der Waals surface area contributed by atoms with Crippen molar-refractivity contribution in [2.24, 2.45) is 0 Å². The Balaban J connectivity index is 1.76. The number of anilines is 2. The number of benzene rings is 2. The zero-order valence-electron chi connectivity index (χ0n) is 18.2. The second-order valence-electron chi connectivity index (χ2n) is 8.05. The lowest BCUT2D eigenvalue weighted by molar-refractivity contribution is 0.101. The third kappa shape index (κ3) is 4.49. The summed E-state index contributed by atoms with van der Waals surface area (Å²) in [5, 5.41) is 2.88. The Kier molecular flexibility index (Phi) is 6.09. The summed E-state index contributed by atoms with van der Waals surface area (Å²) in [7, 11) is 0. The van der Waals surface area contributed by atoms with Gasteiger partial charge in [0.05, 0.1) is 18.9 Å². The highest BCUT2D eigenvalue weighted by Crippen LogP contribution is 2.33. The molecule has 1 aliphatic rings. The van der Waals surface area contributed by atoms with E-state index in [9.17, 15) is 9.18 Å². The van der Waals surface area contributed by atoms with Crippen LogP contribution >= 0.6 is 0 Å². The van der Waals surface area contributed by atoms with E-state index in [4.69, 9.17) is 4.74 Å². The fourth-order valence-electron chi connectivity index (χ4n) is 4.37. The van der Waals surface area contributed by atoms with Gasteiger partial charge in [-0.3, -0.25) is 4.79 Å². The topological polar surface area (TPSA) is 46.5 Å². The molecule has 6 heteroatoms. The number of carbonyl (C=O) groups is 1. The van der Waals surface area contributed by atoms with Crippen LogP contribution in [0.4, 0.5) is 15.8 Å². The average molecular weight is 422 g/mol. The third-order valence-corrected chi connectivity index (χ3v) is 5.78. The van der Waals surface area contributed by atoms with Crippen molar-refractivity contribution in [2.45, 2.75) is 27.3 Å². The van der Waals surface area contributed by atoms with Crippen LogP contribution in [0.1, 0.15) is 32.9 Å². The van der Waals surface area contributed by atoms with Gasteiger partial charge in [-0.2, -0.15) is 0 Å². The van der Waals surface area contributed by atoms with Crippen LogP contribution in [0.15, 0.2) is 48.5 Å². The van der Waals surface area contributed by atoms with Crippen molar-refractivity contribution in [2.75, 3.05) is 36.5 Å². The first kappa shape index (κ1) is 21.1. The number of aromatic nitrogens is 1. The quantitative estimate of drug-likeness (QED) is 0.650. The molecule has 1 amide bonds. The molecule has 2 heterocycles. The SMILES string of the molecule is Cc1cccc(Cn2c(C)c(N3CCOCC3)c(C)c2C(=O)Nc2cccc(F)c2)c1. The molecule has 162 valence electrons. The number of hydrogen-bond acceptors (Lipinski definition) is 3. The number of carbonyl (C=O) groups excluding carboxylic acids is 1. The lowest BCUT2D eigenvalue weighted by atomic mass is 10.1. The molecule has 0 unspecified atom stereocenters. The molecule has 4 rings (SSSR count). The average Bonchev–Trinajstić information content (AvgIpc) is 2.98. The van der Waals surface area contributed by atoms with Gasteiger partial charge in [0, 0.05) is 36.6 Å². The minimum atomic E-state index is -0.380. The monoisotopic (exact) mass is 421 g/mol. The summed E-state index contributed by atoms with van der Waals surface area (Å²) in [5.74, 6) is -0.617. The lowest BCUT2D eigenvalue weighted by Crippen LogP contribution is -2.36. The molecular weight excluding hydrogens is 393 g/mol. The molecule has 1 fully saturated rings. The number of hydrogen-bond donors (Lipinski definition) is 1. The highest BCUT2D eigenvalue weighted by Gasteiger charge is 2.27. The zero-order valence-corrected chi connectivity index (χ0v) is 18.2. The van der Waals surface area contributed by atoms with E-state index in [-0.39, 0.29) is 11.7 Å². The van der Waals surface area contributed by atoms with Gasteiger partial charge in [0.25, 0.3) is 5.91 Å². The molecule has 5 nitrogen and oxygen atoms in total. The van der Waals surface area contributed by atoms with Crippen molar-refractivity contribution in [1.29, 1.82) is 0 Å². The molecule has 0 bridgehead atoms. The summed E-state index contributed by atoms with van der Waals surface area (Å²) < 4.78 is 21.2. The number of halogens is 1. The smallest absolute Gasteiger partial charge is 0.272 e. The van der Waals surface area contributed by atoms with E-state index < -0.39 is 0 Å². The van der Waals surface area contributed by atoms with Gasteiger partial charge >= 0.3 is 0 Å². The maximum Gasteiger partial charge on any atom is 0.272 e. The summed E-state index contributed by atoms with van der Waals surface area (Å²) in [6.45, 7) is 9.64. The molecule has 1 aliphatic heterocycles. The van der Waals surface area contributed by atoms with Crippen LogP contribution in [0.3, 0.4) is 0 Å². The van der Waals surface area contributed by atoms with E-state index in [0.717, 1.165) is 35.6 Å². The fourth-order valence-corrected chi connectivity index (χ4v) is 4.37. The van der Waals surface area contributed by atoms with Crippen molar-refractivity contribution in [3.05, 3.63) is 82.4 Å². The number of amides is 1. The summed E-state index contributed by atoms with van der Waals surface area (Å²) in [6.07, 6.45) is 0. The van der Waals surface area contributed by atoms with Crippen molar-refractivity contribution in [3.8, 4) is 0 Å². The molecule has 0 spiro atoms. The standard InChI is InChI=1S/C25H28FN3O2/c1-17-6-4-7-20(14-17)16-29-19(3)23(28-10-12-31-13-11-28)18(2)24(29)25(30)27-22-9-5-8-21(26)15-22/h4-9,14-15H,10-13,16H2,1-3H3,(H,27,30). The Morgan fingerprint density at radius 3 is 2.52 bits per heavy atom. The first-order chi connectivity index (χ1) is 14.9. The molecule has 0 saturated carbocycles. The summed E-state index contributed by atoms with van der Waals surface area (Å²) in [4.78, 5) is 15.7. The van der Waals surface area contributed by atoms with E-state index in [2.05, 4.69) is 46.8 Å². The second-order valence-corrected chi connectivity index (χ2v) is 8.05. The van der Waals surface area contributed by atoms with Crippen LogP contribution < -0.4 is 10.2 Å². The molecule has 2 aromatic carbocycles. The van der Waals surface area contributed by atoms with E-state index in [1.54, 1.807) is 12.1 Å². The van der Waals surface area contributed by atoms with E-state index in [1.807, 2.05) is 13.0 Å². The molecule has 3 aromatic rings. The van der Waals surface area contributed by atoms with Gasteiger partial charge in [-0.15, -0.1) is 0 Å². The normalized spacial score (nSPS) is 14.0. The van der Waals surface area contributed by atoms with Gasteiger partial charge < -0.3 is 19.5 Å². The van der Waals surface area contributed by atoms with Crippen LogP contribution in [0, 0.1) is 26.6 Å². The van der Waals surface area contributed by atoms with Gasteiger partial charge in [-0.1, -0.05) is 35.9 Å². The van der Waals surface area contributed by atoms with Crippen LogP contribution in [-0.4, -0.2) is 36.8 Å². The first-order valence-corrected chi connectivity index (χ1v) is 10.6. The van der Waals surface area contributed by atoms with Gasteiger partial charge in [0.1, 0.15) is 11.5 Å². The van der Waals surface area contributed by atoms with E-state index in [0.29, 0.717) is 31.1 Å². The van der Waals surface area contributed by atoms with Gasteiger partial charge in [0.15, 0.2) is 0 Å². The van der Waals surface area contributed by atoms with Crippen LogP contribution in [0.5, 0.6) is 0 Å². The zero-order chi connectivity index (χ0) is 22.0. The molecule has 0 atom stereocenters. The molecule has 1 N–H and O–H groups in total. The number of nitrogens with one attached hydrogen (secondary N) is 1. The first-order valence-electron chi connectivity index (χ1n) is 10.6. The maximum atomic E-state index is 13.6. The van der Waals surface area contributed by atoms with Crippen LogP contribution in [0.25, 0.3) is 0 Å². The number of morpholine rings is 1. The van der Waals surface area contributed by atoms with Gasteiger partial charge in [-0.25, -0.2) is 4.39 Å². The van der Waals surface area contributed by atoms with Gasteiger partial charge in [0.2, 0.25) is 0 Å². The Bertz CT molecular complexity index is 1100. The predicted molar refractivity (Wildman–Crippen MR) is 122 cm³/mol. The Hall–Kier alpha value is -3.12. The van der Waals surface area contributed by atoms with Crippen molar-refractivity contribution < 1.29 is 13.9 Å². The molecule has 1 aromatic heterocycles. The summed E-state index contributed by atoms with van der Waals surface area (Å²) in [5.41, 5.74) is 6.42. The second kappa shape index (κ2) is 8.94. The molecule has 1 saturated heterocycles. The summed E-state index contributed by atoms with van der Waals surface area (Å²) >= 11 is 0. The highest BCUT2D eigenvalue weighted by molar-refractivity contribution is 6.05. The predicted octanol–water partition coefficient (Wildman–Crippen LogP) is 4.69. The number of ether oxygens (including phenoxy) is 1. The molecule has 0 radical (unpaired) electrons. The number of aryl methyl sites for hydroxylation is 1. The Morgan fingerprint density at radius 1 is 1.06 bits per heavy atom. The highest BCUT2D eigenvalue weighted by atomic mass is 19.1. The minimum absolute atomic E-state index is 0.238. The molecular formula is C25H28FN3O2. The van der Waals surface area contributed by atoms with Gasteiger partial charge in [-0.05, 0) is 44.5 Å². The van der Waals surface area contributed by atoms with Crippen molar-refractivity contribution in [3.63, 3.8) is 0 Å². The minimum Gasteiger partial charge on any atom is -0.378 e. The molecule has 31 heavy (non-hydrogen) atoms. The number of rotatable bonds is 5. The maximum absolute atomic E-state index is 13.6. The molecule has 0 aliphatic carbocycles. The largest absolute Gasteiger partial charge is 0.378 e. The van der Waals surface area contributed by atoms with Crippen molar-refractivity contribution >= 4 is 17.3 Å². The van der Waals surface area contributed by atoms with Crippen LogP contribution in [-0.2, 0) is 11.3 Å². The Morgan fingerprint density at radius 2 is 1.81 bits per heavy atom. The third-order valence-electron chi connectivity index (χ3n) is 5.78. The number of nitrogens with zero attached hydrogens (tertiary/aromatic N) is 2. The lowest BCUT2D eigenvalue weighted by Gasteiger charge is -2.29.